The van der Waals surface area contributed by atoms with E-state index in [2.05, 4.69) is 10.3 Å². The number of likely N-dealkylation sites (tertiary alicyclic amines) is 1. The number of Topliss-reactive ketones (excluding diaryl/α,β-unsaturated/α-hetero) is 1. The summed E-state index contributed by atoms with van der Waals surface area (Å²) < 4.78 is 13.0. The van der Waals surface area contributed by atoms with Gasteiger partial charge in [-0.15, -0.1) is 0 Å². The number of anilines is 1. The topological polar surface area (TPSA) is 62.3 Å². The number of hydrogen-bond donors (Lipinski definition) is 1. The number of halogens is 1. The lowest BCUT2D eigenvalue weighted by molar-refractivity contribution is 0.0859. The second-order valence-corrected chi connectivity index (χ2v) is 6.25. The van der Waals surface area contributed by atoms with Gasteiger partial charge in [0.15, 0.2) is 5.78 Å². The highest BCUT2D eigenvalue weighted by Gasteiger charge is 2.28. The third kappa shape index (κ3) is 4.02. The normalized spacial score (nSPS) is 15.0. The predicted molar refractivity (Wildman–Crippen MR) is 93.0 cm³/mol. The molecule has 6 heteroatoms. The van der Waals surface area contributed by atoms with Crippen molar-refractivity contribution in [3.05, 3.63) is 59.7 Å². The zero-order chi connectivity index (χ0) is 17.8. The average molecular weight is 341 g/mol. The zero-order valence-corrected chi connectivity index (χ0v) is 14.0. The Morgan fingerprint density at radius 1 is 1.16 bits per heavy atom. The van der Waals surface area contributed by atoms with Crippen LogP contribution in [0.25, 0.3) is 0 Å². The number of amides is 2. The van der Waals surface area contributed by atoms with Gasteiger partial charge >= 0.3 is 6.03 Å². The molecule has 130 valence electrons. The first-order valence-electron chi connectivity index (χ1n) is 8.31. The second-order valence-electron chi connectivity index (χ2n) is 6.25. The Morgan fingerprint density at radius 3 is 2.48 bits per heavy atom. The number of rotatable bonds is 3. The molecule has 3 rings (SSSR count). The third-order valence-electron chi connectivity index (χ3n) is 4.54. The summed E-state index contributed by atoms with van der Waals surface area (Å²) in [6.45, 7) is 2.93. The summed E-state index contributed by atoms with van der Waals surface area (Å²) in [5.41, 5.74) is 2.17. The van der Waals surface area contributed by atoms with E-state index in [4.69, 9.17) is 0 Å². The van der Waals surface area contributed by atoms with Gasteiger partial charge in [0.05, 0.1) is 0 Å². The maximum absolute atomic E-state index is 13.0. The van der Waals surface area contributed by atoms with E-state index >= 15 is 0 Å². The lowest BCUT2D eigenvalue weighted by atomic mass is 9.89. The molecule has 0 unspecified atom stereocenters. The van der Waals surface area contributed by atoms with E-state index in [1.54, 1.807) is 23.4 Å². The van der Waals surface area contributed by atoms with Crippen molar-refractivity contribution >= 4 is 17.5 Å². The minimum absolute atomic E-state index is 0.0186. The molecule has 1 aliphatic rings. The maximum Gasteiger partial charge on any atom is 0.321 e. The highest BCUT2D eigenvalue weighted by Crippen LogP contribution is 2.23. The summed E-state index contributed by atoms with van der Waals surface area (Å²) >= 11 is 0. The van der Waals surface area contributed by atoms with Crippen LogP contribution in [0, 0.1) is 18.7 Å². The molecular weight excluding hydrogens is 321 g/mol. The van der Waals surface area contributed by atoms with E-state index in [1.165, 1.54) is 24.3 Å². The van der Waals surface area contributed by atoms with Crippen LogP contribution in [-0.2, 0) is 0 Å². The van der Waals surface area contributed by atoms with Gasteiger partial charge < -0.3 is 10.2 Å². The van der Waals surface area contributed by atoms with E-state index in [9.17, 15) is 14.0 Å². The van der Waals surface area contributed by atoms with Crippen molar-refractivity contribution in [1.29, 1.82) is 0 Å². The van der Waals surface area contributed by atoms with E-state index < -0.39 is 0 Å². The minimum atomic E-state index is -0.352. The number of carbonyl (C=O) groups is 2. The number of carbonyl (C=O) groups excluding carboxylic acids is 2. The van der Waals surface area contributed by atoms with Crippen molar-refractivity contribution in [3.63, 3.8) is 0 Å². The van der Waals surface area contributed by atoms with Crippen LogP contribution in [0.2, 0.25) is 0 Å². The molecule has 1 aromatic heterocycles. The van der Waals surface area contributed by atoms with Crippen molar-refractivity contribution in [2.45, 2.75) is 19.8 Å². The Balaban J connectivity index is 1.56. The number of piperidine rings is 1. The summed E-state index contributed by atoms with van der Waals surface area (Å²) in [6.07, 6.45) is 4.55. The van der Waals surface area contributed by atoms with Crippen molar-refractivity contribution in [3.8, 4) is 0 Å². The number of nitrogens with zero attached hydrogens (tertiary/aromatic N) is 2. The van der Waals surface area contributed by atoms with Crippen LogP contribution in [0.3, 0.4) is 0 Å². The smallest absolute Gasteiger partial charge is 0.321 e. The number of ketones is 1. The van der Waals surface area contributed by atoms with Gasteiger partial charge in [0.1, 0.15) is 5.82 Å². The molecule has 5 nitrogen and oxygen atoms in total. The molecule has 2 heterocycles. The SMILES string of the molecule is Cc1cnccc1NC(=O)N1CCC(C(=O)c2ccc(F)cc2)CC1. The van der Waals surface area contributed by atoms with Crippen molar-refractivity contribution < 1.29 is 14.0 Å². The van der Waals surface area contributed by atoms with Gasteiger partial charge in [-0.3, -0.25) is 9.78 Å². The van der Waals surface area contributed by atoms with Crippen LogP contribution in [0.4, 0.5) is 14.9 Å². The highest BCUT2D eigenvalue weighted by molar-refractivity contribution is 5.98. The van der Waals surface area contributed by atoms with Crippen LogP contribution in [0.1, 0.15) is 28.8 Å². The largest absolute Gasteiger partial charge is 0.324 e. The average Bonchev–Trinajstić information content (AvgIpc) is 2.64. The Kier molecular flexibility index (Phi) is 5.07. The molecule has 2 amide bonds. The molecular formula is C19H20FN3O2. The number of benzene rings is 1. The van der Waals surface area contributed by atoms with Crippen molar-refractivity contribution in [1.82, 2.24) is 9.88 Å². The molecule has 1 aliphatic heterocycles. The first-order chi connectivity index (χ1) is 12.0. The Hall–Kier alpha value is -2.76. The van der Waals surface area contributed by atoms with Crippen LogP contribution in [-0.4, -0.2) is 34.8 Å². The molecule has 1 saturated heterocycles. The molecule has 1 aromatic carbocycles. The summed E-state index contributed by atoms with van der Waals surface area (Å²) in [4.78, 5) is 30.6. The minimum Gasteiger partial charge on any atom is -0.324 e. The number of nitrogens with one attached hydrogen (secondary N) is 1. The molecule has 0 saturated carbocycles. The number of pyridine rings is 1. The van der Waals surface area contributed by atoms with Gasteiger partial charge in [0.25, 0.3) is 0 Å². The summed E-state index contributed by atoms with van der Waals surface area (Å²) in [5.74, 6) is -0.461. The molecule has 1 N–H and O–H groups in total. The standard InChI is InChI=1S/C19H20FN3O2/c1-13-12-21-9-6-17(13)22-19(25)23-10-7-15(8-11-23)18(24)14-2-4-16(20)5-3-14/h2-6,9,12,15H,7-8,10-11H2,1H3,(H,21,22,25). The van der Waals surface area contributed by atoms with Crippen molar-refractivity contribution in [2.75, 3.05) is 18.4 Å². The van der Waals surface area contributed by atoms with Gasteiger partial charge in [-0.05, 0) is 55.7 Å². The summed E-state index contributed by atoms with van der Waals surface area (Å²) in [5, 5.41) is 2.88. The van der Waals surface area contributed by atoms with Crippen LogP contribution >= 0.6 is 0 Å². The number of aromatic nitrogens is 1. The highest BCUT2D eigenvalue weighted by atomic mass is 19.1. The van der Waals surface area contributed by atoms with Crippen LogP contribution in [0.5, 0.6) is 0 Å². The Morgan fingerprint density at radius 2 is 1.84 bits per heavy atom. The van der Waals surface area contributed by atoms with E-state index in [0.717, 1.165) is 11.3 Å². The van der Waals surface area contributed by atoms with E-state index in [1.807, 2.05) is 6.92 Å². The molecule has 2 aromatic rings. The predicted octanol–water partition coefficient (Wildman–Crippen LogP) is 3.66. The molecule has 0 bridgehead atoms. The summed E-state index contributed by atoms with van der Waals surface area (Å²) in [7, 11) is 0. The fourth-order valence-electron chi connectivity index (χ4n) is 3.00. The first-order valence-corrected chi connectivity index (χ1v) is 8.31. The zero-order valence-electron chi connectivity index (χ0n) is 14.0. The fourth-order valence-corrected chi connectivity index (χ4v) is 3.00. The van der Waals surface area contributed by atoms with Crippen LogP contribution < -0.4 is 5.32 Å². The molecule has 0 atom stereocenters. The second kappa shape index (κ2) is 7.42. The van der Waals surface area contributed by atoms with E-state index in [-0.39, 0.29) is 23.5 Å². The molecule has 0 aliphatic carbocycles. The maximum atomic E-state index is 13.0. The summed E-state index contributed by atoms with van der Waals surface area (Å²) in [6, 6.07) is 7.23. The lowest BCUT2D eigenvalue weighted by Gasteiger charge is -2.31. The Bertz CT molecular complexity index is 768. The molecule has 0 spiro atoms. The lowest BCUT2D eigenvalue weighted by Crippen LogP contribution is -2.42. The Labute approximate surface area is 145 Å². The van der Waals surface area contributed by atoms with E-state index in [0.29, 0.717) is 31.5 Å². The van der Waals surface area contributed by atoms with Gasteiger partial charge in [-0.2, -0.15) is 0 Å². The molecule has 25 heavy (non-hydrogen) atoms. The number of urea groups is 1. The van der Waals surface area contributed by atoms with Gasteiger partial charge in [-0.1, -0.05) is 0 Å². The first kappa shape index (κ1) is 17.1. The molecule has 1 fully saturated rings. The fraction of sp³-hybridized carbons (Fsp3) is 0.316. The number of aryl methyl sites for hydroxylation is 1. The van der Waals surface area contributed by atoms with Gasteiger partial charge in [0, 0.05) is 42.7 Å². The molecule has 0 radical (unpaired) electrons. The monoisotopic (exact) mass is 341 g/mol. The van der Waals surface area contributed by atoms with Crippen molar-refractivity contribution in [2.24, 2.45) is 5.92 Å². The van der Waals surface area contributed by atoms with Crippen LogP contribution in [0.15, 0.2) is 42.7 Å². The third-order valence-corrected chi connectivity index (χ3v) is 4.54. The number of hydrogen-bond acceptors (Lipinski definition) is 3. The van der Waals surface area contributed by atoms with Gasteiger partial charge in [-0.25, -0.2) is 9.18 Å². The van der Waals surface area contributed by atoms with Gasteiger partial charge in [0.2, 0.25) is 0 Å². The quantitative estimate of drug-likeness (QED) is 0.867.